The molecule has 3 atom stereocenters. The lowest BCUT2D eigenvalue weighted by atomic mass is 9.82. The Balaban J connectivity index is 1.20. The highest BCUT2D eigenvalue weighted by molar-refractivity contribution is 6.13. The van der Waals surface area contributed by atoms with E-state index < -0.39 is 17.4 Å². The first-order valence-corrected chi connectivity index (χ1v) is 16.7. The van der Waals surface area contributed by atoms with Crippen LogP contribution in [0.1, 0.15) is 48.4 Å². The second-order valence-corrected chi connectivity index (χ2v) is 12.8. The summed E-state index contributed by atoms with van der Waals surface area (Å²) in [5, 5.41) is 28.5. The Morgan fingerprint density at radius 3 is 2.35 bits per heavy atom. The monoisotopic (exact) mass is 654 g/mol. The Bertz CT molecular complexity index is 1960. The second kappa shape index (κ2) is 13.3. The van der Waals surface area contributed by atoms with E-state index >= 15 is 0 Å². The molecule has 3 aliphatic rings. The van der Waals surface area contributed by atoms with E-state index in [-0.39, 0.29) is 37.3 Å². The van der Waals surface area contributed by atoms with Crippen LogP contribution in [0.5, 0.6) is 0 Å². The molecule has 49 heavy (non-hydrogen) atoms. The van der Waals surface area contributed by atoms with Gasteiger partial charge in [-0.15, -0.1) is 0 Å². The molecule has 0 spiro atoms. The third kappa shape index (κ3) is 5.85. The van der Waals surface area contributed by atoms with Crippen LogP contribution in [-0.4, -0.2) is 51.2 Å². The summed E-state index contributed by atoms with van der Waals surface area (Å²) in [6.07, 6.45) is 4.80. The van der Waals surface area contributed by atoms with E-state index in [2.05, 4.69) is 0 Å². The summed E-state index contributed by atoms with van der Waals surface area (Å²) in [5.74, 6) is -1.60. The van der Waals surface area contributed by atoms with Crippen molar-refractivity contribution in [2.24, 2.45) is 11.0 Å². The van der Waals surface area contributed by atoms with Crippen LogP contribution in [-0.2, 0) is 33.0 Å². The first-order valence-electron chi connectivity index (χ1n) is 16.7. The van der Waals surface area contributed by atoms with Crippen molar-refractivity contribution in [1.82, 2.24) is 4.90 Å². The standard InChI is InChI=1S/C40H38N4O5/c1-27(11-10-18-37(46)42-25-30-15-9-8-14-29(30)23-33(42)26-45)40(49)34-24-32(19-21-36(34)43(39(40)48)31-16-6-3-7-17-31)44-38(47)22-20-35(41-44)28-12-4-2-5-13-28/h2-17,19,21,24,27,33,45,49H,18,20,22-23,25-26H2,1H3/b11-10+/t27-,33-,40+/m0/s1. The van der Waals surface area contributed by atoms with Gasteiger partial charge in [-0.3, -0.25) is 19.3 Å². The van der Waals surface area contributed by atoms with Crippen LogP contribution < -0.4 is 9.91 Å². The van der Waals surface area contributed by atoms with E-state index in [0.717, 1.165) is 22.4 Å². The number of rotatable bonds is 8. The van der Waals surface area contributed by atoms with E-state index in [1.807, 2.05) is 72.8 Å². The Kier molecular flexibility index (Phi) is 8.71. The van der Waals surface area contributed by atoms with E-state index in [0.29, 0.717) is 42.0 Å². The van der Waals surface area contributed by atoms with Crippen LogP contribution in [0.15, 0.2) is 120 Å². The normalized spacial score (nSPS) is 21.1. The molecule has 0 radical (unpaired) electrons. The second-order valence-electron chi connectivity index (χ2n) is 12.8. The molecule has 0 bridgehead atoms. The fourth-order valence-electron chi connectivity index (χ4n) is 7.09. The number of amides is 3. The van der Waals surface area contributed by atoms with E-state index in [1.165, 1.54) is 9.91 Å². The average Bonchev–Trinajstić information content (AvgIpc) is 3.37. The Morgan fingerprint density at radius 2 is 1.61 bits per heavy atom. The molecule has 0 unspecified atom stereocenters. The predicted molar refractivity (Wildman–Crippen MR) is 188 cm³/mol. The number of aliphatic hydroxyl groups is 2. The molecular formula is C40H38N4O5. The topological polar surface area (TPSA) is 114 Å². The van der Waals surface area contributed by atoms with Gasteiger partial charge in [-0.25, -0.2) is 5.01 Å². The van der Waals surface area contributed by atoms with Gasteiger partial charge in [-0.05, 0) is 53.4 Å². The van der Waals surface area contributed by atoms with Crippen molar-refractivity contribution in [3.63, 3.8) is 0 Å². The third-order valence-corrected chi connectivity index (χ3v) is 9.82. The lowest BCUT2D eigenvalue weighted by molar-refractivity contribution is -0.138. The molecule has 3 amide bonds. The van der Waals surface area contributed by atoms with Crippen molar-refractivity contribution in [2.45, 2.75) is 50.8 Å². The van der Waals surface area contributed by atoms with Crippen molar-refractivity contribution >= 4 is 40.5 Å². The number of hydrogen-bond donors (Lipinski definition) is 2. The molecule has 7 rings (SSSR count). The summed E-state index contributed by atoms with van der Waals surface area (Å²) in [6, 6.07) is 31.6. The number of hydrazone groups is 1. The highest BCUT2D eigenvalue weighted by atomic mass is 16.3. The van der Waals surface area contributed by atoms with E-state index in [9.17, 15) is 24.6 Å². The first kappa shape index (κ1) is 32.2. The number of aliphatic hydroxyl groups excluding tert-OH is 1. The SMILES string of the molecule is C[C@@H](/C=C/CC(=O)N1Cc2ccccc2C[C@H]1CO)[C@]1(O)C(=O)N(c2ccccc2)c2ccc(N3N=C(c4ccccc4)CCC3=O)cc21. The van der Waals surface area contributed by atoms with Crippen LogP contribution in [0.3, 0.4) is 0 Å². The molecule has 0 saturated heterocycles. The summed E-state index contributed by atoms with van der Waals surface area (Å²) in [6.45, 7) is 2.02. The molecule has 9 nitrogen and oxygen atoms in total. The van der Waals surface area contributed by atoms with Crippen molar-refractivity contribution in [3.05, 3.63) is 138 Å². The smallest absolute Gasteiger partial charge is 0.268 e. The number of para-hydroxylation sites is 1. The van der Waals surface area contributed by atoms with Crippen molar-refractivity contribution in [2.75, 3.05) is 16.5 Å². The highest BCUT2D eigenvalue weighted by Gasteiger charge is 2.53. The quantitative estimate of drug-likeness (QED) is 0.240. The zero-order valence-electron chi connectivity index (χ0n) is 27.3. The lowest BCUT2D eigenvalue weighted by Crippen LogP contribution is -2.46. The molecule has 0 aliphatic carbocycles. The van der Waals surface area contributed by atoms with Gasteiger partial charge in [0.25, 0.3) is 5.91 Å². The number of benzene rings is 4. The molecular weight excluding hydrogens is 616 g/mol. The number of carbonyl (C=O) groups is 3. The van der Waals surface area contributed by atoms with Crippen LogP contribution in [0.2, 0.25) is 0 Å². The molecule has 4 aromatic rings. The van der Waals surface area contributed by atoms with Gasteiger partial charge < -0.3 is 15.1 Å². The fraction of sp³-hybridized carbons (Fsp3) is 0.250. The van der Waals surface area contributed by atoms with Gasteiger partial charge in [-0.1, -0.05) is 91.9 Å². The number of nitrogens with zero attached hydrogens (tertiary/aromatic N) is 4. The Hall–Kier alpha value is -5.38. The molecule has 9 heteroatoms. The first-order chi connectivity index (χ1) is 23.8. The van der Waals surface area contributed by atoms with Gasteiger partial charge in [0, 0.05) is 43.0 Å². The lowest BCUT2D eigenvalue weighted by Gasteiger charge is -2.36. The maximum atomic E-state index is 14.3. The van der Waals surface area contributed by atoms with Gasteiger partial charge in [0.05, 0.1) is 29.7 Å². The maximum Gasteiger partial charge on any atom is 0.268 e. The number of fused-ring (bicyclic) bond motifs is 2. The van der Waals surface area contributed by atoms with Gasteiger partial charge in [0.15, 0.2) is 5.60 Å². The van der Waals surface area contributed by atoms with Gasteiger partial charge in [0.1, 0.15) is 0 Å². The van der Waals surface area contributed by atoms with Crippen LogP contribution in [0.4, 0.5) is 17.1 Å². The summed E-state index contributed by atoms with van der Waals surface area (Å²) >= 11 is 0. The molecule has 248 valence electrons. The summed E-state index contributed by atoms with van der Waals surface area (Å²) < 4.78 is 0. The molecule has 2 N–H and O–H groups in total. The molecule has 0 saturated carbocycles. The molecule has 3 aliphatic heterocycles. The summed E-state index contributed by atoms with van der Waals surface area (Å²) in [5.41, 5.74) is 3.81. The third-order valence-electron chi connectivity index (χ3n) is 9.82. The largest absolute Gasteiger partial charge is 0.394 e. The predicted octanol–water partition coefficient (Wildman–Crippen LogP) is 5.61. The Morgan fingerprint density at radius 1 is 0.918 bits per heavy atom. The van der Waals surface area contributed by atoms with Crippen molar-refractivity contribution in [3.8, 4) is 0 Å². The minimum atomic E-state index is -2.00. The van der Waals surface area contributed by atoms with E-state index in [4.69, 9.17) is 5.10 Å². The van der Waals surface area contributed by atoms with Gasteiger partial charge in [0.2, 0.25) is 11.8 Å². The van der Waals surface area contributed by atoms with Crippen LogP contribution in [0, 0.1) is 5.92 Å². The molecule has 0 aromatic heterocycles. The van der Waals surface area contributed by atoms with Crippen LogP contribution >= 0.6 is 0 Å². The highest BCUT2D eigenvalue weighted by Crippen LogP contribution is 2.49. The van der Waals surface area contributed by atoms with Gasteiger partial charge >= 0.3 is 0 Å². The average molecular weight is 655 g/mol. The van der Waals surface area contributed by atoms with Crippen LogP contribution in [0.25, 0.3) is 0 Å². The number of carbonyl (C=O) groups excluding carboxylic acids is 3. The van der Waals surface area contributed by atoms with Gasteiger partial charge in [-0.2, -0.15) is 5.10 Å². The maximum absolute atomic E-state index is 14.3. The Labute approximate surface area is 285 Å². The zero-order valence-corrected chi connectivity index (χ0v) is 27.3. The summed E-state index contributed by atoms with van der Waals surface area (Å²) in [4.78, 5) is 44.1. The molecule has 4 aromatic carbocycles. The van der Waals surface area contributed by atoms with E-state index in [1.54, 1.807) is 54.3 Å². The molecule has 0 fully saturated rings. The minimum absolute atomic E-state index is 0.0435. The summed E-state index contributed by atoms with van der Waals surface area (Å²) in [7, 11) is 0. The molecule has 3 heterocycles. The number of anilines is 3. The minimum Gasteiger partial charge on any atom is -0.394 e. The van der Waals surface area contributed by atoms with Crippen molar-refractivity contribution in [1.29, 1.82) is 0 Å². The number of hydrogen-bond acceptors (Lipinski definition) is 6. The zero-order chi connectivity index (χ0) is 34.1. The fourth-order valence-corrected chi connectivity index (χ4v) is 7.09. The van der Waals surface area contributed by atoms with Crippen molar-refractivity contribution < 1.29 is 24.6 Å².